The maximum absolute atomic E-state index is 12.7. The van der Waals surface area contributed by atoms with Gasteiger partial charge < -0.3 is 19.6 Å². The van der Waals surface area contributed by atoms with E-state index in [1.54, 1.807) is 0 Å². The van der Waals surface area contributed by atoms with Gasteiger partial charge in [0.1, 0.15) is 19.1 Å². The molecule has 3 rings (SSSR count). The summed E-state index contributed by atoms with van der Waals surface area (Å²) in [5.41, 5.74) is -0.111. The molecule has 0 unspecified atom stereocenters. The quantitative estimate of drug-likeness (QED) is 0.869. The van der Waals surface area contributed by atoms with Gasteiger partial charge in [-0.05, 0) is 18.4 Å². The van der Waals surface area contributed by atoms with Gasteiger partial charge in [-0.3, -0.25) is 4.79 Å². The Bertz CT molecular complexity index is 1230. The first kappa shape index (κ1) is 6.11. The fourth-order valence-electron chi connectivity index (χ4n) is 2.02. The van der Waals surface area contributed by atoms with E-state index >= 15 is 0 Å². The van der Waals surface area contributed by atoms with Crippen molar-refractivity contribution in [3.8, 4) is 0 Å². The molecule has 1 saturated heterocycles. The molecule has 1 fully saturated rings. The van der Waals surface area contributed by atoms with Crippen molar-refractivity contribution in [3.05, 3.63) is 30.0 Å². The molecule has 1 N–H and O–H groups in total. The molecule has 120 valence electrons. The van der Waals surface area contributed by atoms with Crippen molar-refractivity contribution in [2.24, 2.45) is 5.89 Å². The van der Waals surface area contributed by atoms with Gasteiger partial charge in [0, 0.05) is 38.5 Å². The molecule has 7 heteroatoms. The Kier molecular flexibility index (Phi) is 1.66. The van der Waals surface area contributed by atoms with Crippen LogP contribution in [0.25, 0.3) is 15.9 Å². The topological polar surface area (TPSA) is 69.5 Å². The highest BCUT2D eigenvalue weighted by molar-refractivity contribution is 5.87. The number of nitrogens with one attached hydrogen (secondary N) is 1. The number of aromatic nitrogens is 3. The van der Waals surface area contributed by atoms with E-state index in [1.165, 1.54) is 12.3 Å². The van der Waals surface area contributed by atoms with E-state index in [9.17, 15) is 6.17 Å². The van der Waals surface area contributed by atoms with E-state index in [-0.39, 0.29) is 20.8 Å². The van der Waals surface area contributed by atoms with Crippen molar-refractivity contribution in [2.45, 2.75) is 19.3 Å². The van der Waals surface area contributed by atoms with Gasteiger partial charge in [0.2, 0.25) is 0 Å². The lowest BCUT2D eigenvalue weighted by atomic mass is 9.92. The number of anilines is 1. The highest BCUT2D eigenvalue weighted by atomic mass is 16.2. The summed E-state index contributed by atoms with van der Waals surface area (Å²) < 4.78 is 108. The molecule has 0 aliphatic carbocycles. The Labute approximate surface area is 153 Å². The predicted octanol–water partition coefficient (Wildman–Crippen LogP) is 1.55. The lowest BCUT2D eigenvalue weighted by Gasteiger charge is -2.41. The van der Waals surface area contributed by atoms with Crippen molar-refractivity contribution in [3.63, 3.8) is 0 Å². The molecule has 2 aromatic heterocycles. The minimum atomic E-state index is -3.84. The third kappa shape index (κ3) is 2.84. The number of hydrogen-bond acceptors (Lipinski definition) is 4. The number of piperidine rings is 1. The molecule has 1 aliphatic heterocycles. The molecule has 2 atom stereocenters. The first-order chi connectivity index (χ1) is 16.2. The van der Waals surface area contributed by atoms with E-state index in [1.807, 2.05) is 0 Å². The normalized spacial score (nSPS) is 41.3. The van der Waals surface area contributed by atoms with Crippen LogP contribution in [0.3, 0.4) is 0 Å². The molecule has 7 nitrogen and oxygen atoms in total. The van der Waals surface area contributed by atoms with Gasteiger partial charge in [0.05, 0.1) is 15.5 Å². The standard InChI is InChI=1S/C16H20N6O/c1-11-5-7-22(14(23)8-17-2)9-13(11)21(3)16-12-4-6-18-15(12)19-10-20-16/h4,6,10-11,13H,5,7-9H2,1,3H3,(H,18,19,20)/t11-,13+/m1/s1/i1D3,3D3,7D2,9D2,10D,11D,13D. The molecule has 0 saturated carbocycles. The van der Waals surface area contributed by atoms with Crippen molar-refractivity contribution >= 4 is 22.8 Å². The van der Waals surface area contributed by atoms with E-state index < -0.39 is 69.7 Å². The number of rotatable bonds is 3. The Morgan fingerprint density at radius 3 is 3.48 bits per heavy atom. The highest BCUT2D eigenvalue weighted by Gasteiger charge is 2.33. The molecule has 0 spiro atoms. The first-order valence-corrected chi connectivity index (χ1v) is 6.45. The molecule has 1 amide bonds. The van der Waals surface area contributed by atoms with Gasteiger partial charge >= 0.3 is 5.91 Å². The zero-order valence-corrected chi connectivity index (χ0v) is 11.7. The monoisotopic (exact) mass is 325 g/mol. The first-order valence-electron chi connectivity index (χ1n) is 13.0. The van der Waals surface area contributed by atoms with E-state index in [4.69, 9.17) is 23.0 Å². The fourth-order valence-corrected chi connectivity index (χ4v) is 2.02. The largest absolute Gasteiger partial charge is 0.354 e. The number of hydrogen-bond donors (Lipinski definition) is 1. The lowest BCUT2D eigenvalue weighted by Crippen LogP contribution is -2.53. The van der Waals surface area contributed by atoms with Crippen LogP contribution in [0.1, 0.15) is 31.1 Å². The zero-order valence-electron chi connectivity index (χ0n) is 24.7. The summed E-state index contributed by atoms with van der Waals surface area (Å²) in [6.45, 7) is -8.48. The summed E-state index contributed by atoms with van der Waals surface area (Å²) in [6.07, 6.45) is -1.02. The third-order valence-corrected chi connectivity index (χ3v) is 3.10. The van der Waals surface area contributed by atoms with E-state index in [0.717, 1.165) is 0 Å². The minimum absolute atomic E-state index is 0.0807. The van der Waals surface area contributed by atoms with Gasteiger partial charge in [0.25, 0.3) is 6.54 Å². The maximum atomic E-state index is 12.7. The average molecular weight is 325 g/mol. The predicted molar refractivity (Wildman–Crippen MR) is 87.9 cm³/mol. The summed E-state index contributed by atoms with van der Waals surface area (Å²) in [6, 6.07) is -2.56. The average Bonchev–Trinajstić information content (AvgIpc) is 3.12. The van der Waals surface area contributed by atoms with Gasteiger partial charge in [0.15, 0.2) is 0 Å². The van der Waals surface area contributed by atoms with E-state index in [2.05, 4.69) is 19.8 Å². The molecular formula is C16H20N6O. The lowest BCUT2D eigenvalue weighted by molar-refractivity contribution is -0.130. The minimum Gasteiger partial charge on any atom is -0.354 e. The van der Waals surface area contributed by atoms with Gasteiger partial charge in [-0.2, -0.15) is 0 Å². The Morgan fingerprint density at radius 2 is 2.70 bits per heavy atom. The number of fused-ring (bicyclic) bond motifs is 1. The maximum Gasteiger partial charge on any atom is 0.302 e. The summed E-state index contributed by atoms with van der Waals surface area (Å²) in [5, 5.41) is -0.162. The molecule has 23 heavy (non-hydrogen) atoms. The van der Waals surface area contributed by atoms with Crippen LogP contribution in [0.4, 0.5) is 5.82 Å². The third-order valence-electron chi connectivity index (χ3n) is 3.10. The summed E-state index contributed by atoms with van der Waals surface area (Å²) in [4.78, 5) is 25.4. The van der Waals surface area contributed by atoms with Crippen LogP contribution in [-0.4, -0.2) is 58.3 Å². The summed E-state index contributed by atoms with van der Waals surface area (Å²) >= 11 is 0. The SMILES string of the molecule is [2H]c1nc(N(C([2H])([2H])[2H])[C@@]2([2H])C([2H])([2H])N(C(=O)C[N+]#[C-])C([2H])([2H])C[C@@]2([2H])C([2H])([2H])[2H])c2cc[nH]c2n1. The van der Waals surface area contributed by atoms with Crippen molar-refractivity contribution in [2.75, 3.05) is 31.4 Å². The van der Waals surface area contributed by atoms with Crippen LogP contribution < -0.4 is 4.90 Å². The Hall–Kier alpha value is -2.62. The van der Waals surface area contributed by atoms with Gasteiger partial charge in [-0.25, -0.2) is 16.5 Å². The van der Waals surface area contributed by atoms with Crippen molar-refractivity contribution in [1.29, 1.82) is 0 Å². The van der Waals surface area contributed by atoms with Crippen LogP contribution in [0, 0.1) is 12.5 Å². The highest BCUT2D eigenvalue weighted by Crippen LogP contribution is 2.28. The zero-order chi connectivity index (χ0) is 27.7. The molecule has 1 aliphatic rings. The number of amides is 1. The number of nitrogens with zero attached hydrogens (tertiary/aromatic N) is 5. The van der Waals surface area contributed by atoms with Gasteiger partial charge in [-0.1, -0.05) is 6.85 Å². The summed E-state index contributed by atoms with van der Waals surface area (Å²) in [5.74, 6) is -5.80. The van der Waals surface area contributed by atoms with Crippen LogP contribution in [0.15, 0.2) is 18.6 Å². The number of likely N-dealkylation sites (tertiary alicyclic amines) is 1. The second-order valence-corrected chi connectivity index (χ2v) is 4.54. The number of likely N-dealkylation sites (N-methyl/N-ethyl adjacent to an activating group) is 1. The van der Waals surface area contributed by atoms with Crippen LogP contribution in [0.5, 0.6) is 0 Å². The van der Waals surface area contributed by atoms with E-state index in [0.29, 0.717) is 0 Å². The molecule has 0 radical (unpaired) electrons. The van der Waals surface area contributed by atoms with Crippen molar-refractivity contribution < 1.29 is 22.6 Å². The fraction of sp³-hybridized carbons (Fsp3) is 0.500. The molecule has 2 aromatic rings. The van der Waals surface area contributed by atoms with Crippen LogP contribution >= 0.6 is 0 Å². The molecule has 3 heterocycles. The number of carbonyl (C=O) groups is 1. The molecule has 0 bridgehead atoms. The second-order valence-electron chi connectivity index (χ2n) is 4.54. The van der Waals surface area contributed by atoms with Gasteiger partial charge in [-0.15, -0.1) is 0 Å². The second kappa shape index (κ2) is 6.24. The Balaban J connectivity index is 2.51. The summed E-state index contributed by atoms with van der Waals surface area (Å²) in [7, 11) is 0. The smallest absolute Gasteiger partial charge is 0.302 e. The molecular weight excluding hydrogens is 292 g/mol. The van der Waals surface area contributed by atoms with Crippen LogP contribution in [-0.2, 0) is 4.79 Å². The number of carbonyl (C=O) groups excluding carboxylic acids is 1. The van der Waals surface area contributed by atoms with Crippen molar-refractivity contribution in [1.82, 2.24) is 19.9 Å². The molecule has 0 aromatic carbocycles. The van der Waals surface area contributed by atoms with Crippen LogP contribution in [0.2, 0.25) is 0 Å². The number of H-pyrrole nitrogens is 1. The number of aromatic amines is 1. The Morgan fingerprint density at radius 1 is 1.78 bits per heavy atom.